The lowest BCUT2D eigenvalue weighted by Gasteiger charge is -2.11. The highest BCUT2D eigenvalue weighted by Crippen LogP contribution is 2.22. The Morgan fingerprint density at radius 1 is 1.39 bits per heavy atom. The number of amides is 1. The molecule has 0 spiro atoms. The second-order valence-corrected chi connectivity index (χ2v) is 6.87. The number of carbonyl (C=O) groups is 1. The third kappa shape index (κ3) is 4.87. The van der Waals surface area contributed by atoms with Crippen LogP contribution in [-0.2, 0) is 11.2 Å². The molecule has 0 fully saturated rings. The summed E-state index contributed by atoms with van der Waals surface area (Å²) in [5.41, 5.74) is 0.699. The molecule has 0 unspecified atom stereocenters. The Hall–Kier alpha value is -1.73. The van der Waals surface area contributed by atoms with Crippen molar-refractivity contribution in [2.75, 3.05) is 11.2 Å². The number of thioether (sulfide) groups is 1. The van der Waals surface area contributed by atoms with Crippen molar-refractivity contribution in [1.82, 2.24) is 14.9 Å². The number of hydrogen-bond donors (Lipinski definition) is 2. The molecule has 1 amide bonds. The first-order valence-electron chi connectivity index (χ1n) is 7.43. The number of nitrogens with zero attached hydrogens (tertiary/aromatic N) is 3. The Labute approximate surface area is 144 Å². The van der Waals surface area contributed by atoms with E-state index in [9.17, 15) is 4.79 Å². The summed E-state index contributed by atoms with van der Waals surface area (Å²) in [5, 5.41) is 11.8. The van der Waals surface area contributed by atoms with E-state index in [0.29, 0.717) is 15.9 Å². The van der Waals surface area contributed by atoms with Gasteiger partial charge in [-0.25, -0.2) is 4.68 Å². The highest BCUT2D eigenvalue weighted by atomic mass is 35.5. The number of halogens is 1. The summed E-state index contributed by atoms with van der Waals surface area (Å²) in [6.45, 7) is 3.91. The molecule has 8 heteroatoms. The topological polar surface area (TPSA) is 85.8 Å². The molecule has 1 atom stereocenters. The molecule has 23 heavy (non-hydrogen) atoms. The normalized spacial score (nSPS) is 12.1. The van der Waals surface area contributed by atoms with Crippen molar-refractivity contribution >= 4 is 35.0 Å². The number of aryl methyl sites for hydroxylation is 1. The molecule has 1 heterocycles. The molecule has 124 valence electrons. The Kier molecular flexibility index (Phi) is 6.29. The van der Waals surface area contributed by atoms with Gasteiger partial charge in [0.25, 0.3) is 0 Å². The molecule has 2 aromatic rings. The van der Waals surface area contributed by atoms with Crippen LogP contribution in [0.2, 0.25) is 5.02 Å². The second-order valence-electron chi connectivity index (χ2n) is 5.13. The van der Waals surface area contributed by atoms with Crippen LogP contribution in [0.15, 0.2) is 29.4 Å². The fourth-order valence-corrected chi connectivity index (χ4v) is 2.80. The first-order valence-corrected chi connectivity index (χ1v) is 8.69. The zero-order chi connectivity index (χ0) is 16.8. The molecule has 0 bridgehead atoms. The summed E-state index contributed by atoms with van der Waals surface area (Å²) in [6, 6.07) is 6.97. The smallest absolute Gasteiger partial charge is 0.237 e. The van der Waals surface area contributed by atoms with E-state index in [1.165, 1.54) is 16.4 Å². The van der Waals surface area contributed by atoms with E-state index in [1.807, 2.05) is 0 Å². The summed E-state index contributed by atoms with van der Waals surface area (Å²) in [6.07, 6.45) is 2.85. The third-order valence-corrected chi connectivity index (χ3v) is 4.56. The predicted octanol–water partition coefficient (Wildman–Crippen LogP) is 3.11. The van der Waals surface area contributed by atoms with Gasteiger partial charge in [-0.15, -0.1) is 10.2 Å². The number of nitrogen functional groups attached to an aromatic ring is 1. The minimum absolute atomic E-state index is 0.129. The maximum absolute atomic E-state index is 12.2. The molecule has 0 aliphatic rings. The zero-order valence-corrected chi connectivity index (χ0v) is 14.7. The third-order valence-electron chi connectivity index (χ3n) is 3.25. The highest BCUT2D eigenvalue weighted by molar-refractivity contribution is 8.00. The van der Waals surface area contributed by atoms with E-state index in [0.717, 1.165) is 25.1 Å². The quantitative estimate of drug-likeness (QED) is 0.590. The number of nitrogens with two attached hydrogens (primary N) is 1. The number of anilines is 1. The monoisotopic (exact) mass is 353 g/mol. The Balaban J connectivity index is 1.95. The lowest BCUT2D eigenvalue weighted by atomic mass is 10.2. The number of carbonyl (C=O) groups excluding carboxylic acids is 1. The van der Waals surface area contributed by atoms with Crippen molar-refractivity contribution in [1.29, 1.82) is 0 Å². The molecule has 0 aliphatic heterocycles. The molecule has 0 radical (unpaired) electrons. The van der Waals surface area contributed by atoms with E-state index in [1.54, 1.807) is 31.2 Å². The van der Waals surface area contributed by atoms with Gasteiger partial charge in [0, 0.05) is 17.1 Å². The number of aromatic nitrogens is 3. The lowest BCUT2D eigenvalue weighted by Crippen LogP contribution is -2.23. The molecule has 6 nitrogen and oxygen atoms in total. The van der Waals surface area contributed by atoms with Crippen molar-refractivity contribution in [3.63, 3.8) is 0 Å². The Bertz CT molecular complexity index is 658. The minimum atomic E-state index is -0.351. The molecule has 2 rings (SSSR count). The van der Waals surface area contributed by atoms with E-state index in [4.69, 9.17) is 17.4 Å². The standard InChI is InChI=1S/C15H20ClN5OS/c1-3-4-5-13-19-20-15(21(13)17)23-10(2)14(22)18-12-8-6-11(16)7-9-12/h6-10H,3-5,17H2,1-2H3,(H,18,22)/t10-/m1/s1. The van der Waals surface area contributed by atoms with Gasteiger partial charge in [0.05, 0.1) is 5.25 Å². The van der Waals surface area contributed by atoms with Crippen LogP contribution in [0.5, 0.6) is 0 Å². The van der Waals surface area contributed by atoms with Crippen LogP contribution in [0.4, 0.5) is 5.69 Å². The highest BCUT2D eigenvalue weighted by Gasteiger charge is 2.19. The molecule has 3 N–H and O–H groups in total. The van der Waals surface area contributed by atoms with Gasteiger partial charge >= 0.3 is 0 Å². The van der Waals surface area contributed by atoms with Gasteiger partial charge in [-0.1, -0.05) is 36.7 Å². The lowest BCUT2D eigenvalue weighted by molar-refractivity contribution is -0.115. The van der Waals surface area contributed by atoms with Crippen LogP contribution in [0, 0.1) is 0 Å². The second kappa shape index (κ2) is 8.21. The van der Waals surface area contributed by atoms with Crippen LogP contribution < -0.4 is 11.2 Å². The van der Waals surface area contributed by atoms with Crippen molar-refractivity contribution in [2.24, 2.45) is 0 Å². The van der Waals surface area contributed by atoms with E-state index in [-0.39, 0.29) is 11.2 Å². The fraction of sp³-hybridized carbons (Fsp3) is 0.400. The molecule has 1 aromatic heterocycles. The van der Waals surface area contributed by atoms with Gasteiger partial charge in [0.15, 0.2) is 5.82 Å². The van der Waals surface area contributed by atoms with Gasteiger partial charge in [0.1, 0.15) is 0 Å². The van der Waals surface area contributed by atoms with E-state index >= 15 is 0 Å². The van der Waals surface area contributed by atoms with Crippen LogP contribution in [0.3, 0.4) is 0 Å². The van der Waals surface area contributed by atoms with Crippen molar-refractivity contribution in [3.8, 4) is 0 Å². The molecule has 0 saturated heterocycles. The van der Waals surface area contributed by atoms with Crippen molar-refractivity contribution in [3.05, 3.63) is 35.1 Å². The first kappa shape index (κ1) is 17.6. The van der Waals surface area contributed by atoms with E-state index < -0.39 is 0 Å². The molecule has 0 saturated carbocycles. The number of hydrogen-bond acceptors (Lipinski definition) is 5. The fourth-order valence-electron chi connectivity index (χ4n) is 1.88. The van der Waals surface area contributed by atoms with E-state index in [2.05, 4.69) is 22.4 Å². The number of nitrogens with one attached hydrogen (secondary N) is 1. The number of benzene rings is 1. The zero-order valence-electron chi connectivity index (χ0n) is 13.1. The molecule has 1 aromatic carbocycles. The average molecular weight is 354 g/mol. The summed E-state index contributed by atoms with van der Waals surface area (Å²) in [7, 11) is 0. The van der Waals surface area contributed by atoms with Gasteiger partial charge in [-0.2, -0.15) is 0 Å². The minimum Gasteiger partial charge on any atom is -0.336 e. The maximum atomic E-state index is 12.2. The molecule has 0 aliphatic carbocycles. The summed E-state index contributed by atoms with van der Waals surface area (Å²) in [5.74, 6) is 6.59. The van der Waals surface area contributed by atoms with Crippen molar-refractivity contribution in [2.45, 2.75) is 43.5 Å². The van der Waals surface area contributed by atoms with Gasteiger partial charge in [-0.05, 0) is 37.6 Å². The van der Waals surface area contributed by atoms with Gasteiger partial charge in [-0.3, -0.25) is 4.79 Å². The number of rotatable bonds is 7. The molecular formula is C15H20ClN5OS. The average Bonchev–Trinajstić information content (AvgIpc) is 2.88. The largest absolute Gasteiger partial charge is 0.336 e. The van der Waals surface area contributed by atoms with Crippen LogP contribution in [0.25, 0.3) is 0 Å². The van der Waals surface area contributed by atoms with Gasteiger partial charge in [0.2, 0.25) is 11.1 Å². The molecular weight excluding hydrogens is 334 g/mol. The predicted molar refractivity (Wildman–Crippen MR) is 94.2 cm³/mol. The maximum Gasteiger partial charge on any atom is 0.237 e. The van der Waals surface area contributed by atoms with Crippen LogP contribution in [-0.4, -0.2) is 26.0 Å². The summed E-state index contributed by atoms with van der Waals surface area (Å²) in [4.78, 5) is 12.2. The van der Waals surface area contributed by atoms with Crippen molar-refractivity contribution < 1.29 is 4.79 Å². The van der Waals surface area contributed by atoms with Crippen LogP contribution in [0.1, 0.15) is 32.5 Å². The Morgan fingerprint density at radius 3 is 2.74 bits per heavy atom. The Morgan fingerprint density at radius 2 is 2.09 bits per heavy atom. The summed E-state index contributed by atoms with van der Waals surface area (Å²) < 4.78 is 1.46. The first-order chi connectivity index (χ1) is 11.0. The van der Waals surface area contributed by atoms with Crippen LogP contribution >= 0.6 is 23.4 Å². The number of unbranched alkanes of at least 4 members (excludes halogenated alkanes) is 1. The summed E-state index contributed by atoms with van der Waals surface area (Å²) >= 11 is 7.11. The van der Waals surface area contributed by atoms with Gasteiger partial charge < -0.3 is 11.2 Å². The SMILES string of the molecule is CCCCc1nnc(S[C@H](C)C(=O)Nc2ccc(Cl)cc2)n1N.